The van der Waals surface area contributed by atoms with E-state index in [0.717, 1.165) is 37.6 Å². The van der Waals surface area contributed by atoms with Crippen molar-refractivity contribution in [2.45, 2.75) is 19.0 Å². The molecule has 0 saturated carbocycles. The smallest absolute Gasteiger partial charge is 0.171 e. The Morgan fingerprint density at radius 3 is 2.33 bits per heavy atom. The fraction of sp³-hybridized carbons (Fsp3) is 0.435. The molecule has 0 radical (unpaired) electrons. The third-order valence-electron chi connectivity index (χ3n) is 5.56. The molecule has 0 aromatic heterocycles. The molecule has 6 nitrogen and oxygen atoms in total. The van der Waals surface area contributed by atoms with Crippen molar-refractivity contribution in [2.24, 2.45) is 0 Å². The Morgan fingerprint density at radius 2 is 1.70 bits per heavy atom. The molecular formula is C23H32N4O2S. The number of hydrogen-bond donors (Lipinski definition) is 2. The van der Waals surface area contributed by atoms with Gasteiger partial charge in [-0.25, -0.2) is 0 Å². The second-order valence-electron chi connectivity index (χ2n) is 7.65. The molecule has 162 valence electrons. The average Bonchev–Trinajstić information content (AvgIpc) is 2.76. The van der Waals surface area contributed by atoms with Crippen molar-refractivity contribution in [3.8, 4) is 11.5 Å². The Balaban J connectivity index is 1.74. The first-order chi connectivity index (χ1) is 14.5. The van der Waals surface area contributed by atoms with Crippen LogP contribution in [-0.4, -0.2) is 68.4 Å². The molecule has 1 heterocycles. The number of rotatable bonds is 7. The second-order valence-corrected chi connectivity index (χ2v) is 8.06. The van der Waals surface area contributed by atoms with E-state index in [1.807, 2.05) is 18.2 Å². The zero-order chi connectivity index (χ0) is 21.5. The highest BCUT2D eigenvalue weighted by atomic mass is 32.1. The van der Waals surface area contributed by atoms with Crippen LogP contribution in [0.2, 0.25) is 0 Å². The molecule has 2 atom stereocenters. The SMILES string of the molecule is COc1ccc(OC)c(NC(=S)N[C@H](C)[C@@H](c2ccccc2)N2CCN(C)CC2)c1. The van der Waals surface area contributed by atoms with Crippen molar-refractivity contribution >= 4 is 23.0 Å². The van der Waals surface area contributed by atoms with E-state index in [2.05, 4.69) is 64.7 Å². The highest BCUT2D eigenvalue weighted by Gasteiger charge is 2.29. The van der Waals surface area contributed by atoms with Gasteiger partial charge in [-0.3, -0.25) is 4.90 Å². The van der Waals surface area contributed by atoms with Gasteiger partial charge in [-0.15, -0.1) is 0 Å². The number of anilines is 1. The zero-order valence-electron chi connectivity index (χ0n) is 18.2. The van der Waals surface area contributed by atoms with Gasteiger partial charge in [0.25, 0.3) is 0 Å². The normalized spacial score (nSPS) is 17.1. The first-order valence-corrected chi connectivity index (χ1v) is 10.7. The summed E-state index contributed by atoms with van der Waals surface area (Å²) in [6, 6.07) is 16.6. The maximum Gasteiger partial charge on any atom is 0.171 e. The van der Waals surface area contributed by atoms with Crippen LogP contribution in [0.5, 0.6) is 11.5 Å². The van der Waals surface area contributed by atoms with Crippen LogP contribution in [0.25, 0.3) is 0 Å². The lowest BCUT2D eigenvalue weighted by Crippen LogP contribution is -2.52. The van der Waals surface area contributed by atoms with Gasteiger partial charge in [-0.2, -0.15) is 0 Å². The Hall–Kier alpha value is -2.35. The number of methoxy groups -OCH3 is 2. The minimum Gasteiger partial charge on any atom is -0.497 e. The quantitative estimate of drug-likeness (QED) is 0.656. The molecule has 1 aliphatic rings. The lowest BCUT2D eigenvalue weighted by atomic mass is 9.98. The van der Waals surface area contributed by atoms with Crippen LogP contribution >= 0.6 is 12.2 Å². The maximum absolute atomic E-state index is 5.64. The topological polar surface area (TPSA) is 49.0 Å². The minimum atomic E-state index is 0.118. The first kappa shape index (κ1) is 22.3. The molecular weight excluding hydrogens is 396 g/mol. The van der Waals surface area contributed by atoms with E-state index in [1.165, 1.54) is 5.56 Å². The van der Waals surface area contributed by atoms with Crippen LogP contribution in [0.4, 0.5) is 5.69 Å². The van der Waals surface area contributed by atoms with E-state index in [1.54, 1.807) is 14.2 Å². The molecule has 0 amide bonds. The molecule has 0 unspecified atom stereocenters. The Labute approximate surface area is 185 Å². The molecule has 7 heteroatoms. The predicted octanol–water partition coefficient (Wildman–Crippen LogP) is 3.37. The molecule has 1 fully saturated rings. The summed E-state index contributed by atoms with van der Waals surface area (Å²) in [4.78, 5) is 4.92. The Morgan fingerprint density at radius 1 is 1.00 bits per heavy atom. The van der Waals surface area contributed by atoms with Gasteiger partial charge < -0.3 is 25.0 Å². The summed E-state index contributed by atoms with van der Waals surface area (Å²) >= 11 is 5.64. The lowest BCUT2D eigenvalue weighted by Gasteiger charge is -2.41. The number of nitrogens with zero attached hydrogens (tertiary/aromatic N) is 2. The number of ether oxygens (including phenoxy) is 2. The van der Waals surface area contributed by atoms with Crippen LogP contribution in [-0.2, 0) is 0 Å². The number of benzene rings is 2. The summed E-state index contributed by atoms with van der Waals surface area (Å²) < 4.78 is 10.8. The van der Waals surface area contributed by atoms with Gasteiger partial charge >= 0.3 is 0 Å². The molecule has 30 heavy (non-hydrogen) atoms. The summed E-state index contributed by atoms with van der Waals surface area (Å²) in [5.41, 5.74) is 2.07. The van der Waals surface area contributed by atoms with Gasteiger partial charge in [0.05, 0.1) is 25.9 Å². The number of likely N-dealkylation sites (N-methyl/N-ethyl adjacent to an activating group) is 1. The van der Waals surface area contributed by atoms with Gasteiger partial charge in [0.1, 0.15) is 11.5 Å². The number of thiocarbonyl (C=S) groups is 1. The highest BCUT2D eigenvalue weighted by Crippen LogP contribution is 2.29. The molecule has 1 saturated heterocycles. The van der Waals surface area contributed by atoms with E-state index in [4.69, 9.17) is 21.7 Å². The lowest BCUT2D eigenvalue weighted by molar-refractivity contribution is 0.0973. The number of piperazine rings is 1. The van der Waals surface area contributed by atoms with Crippen LogP contribution < -0.4 is 20.1 Å². The van der Waals surface area contributed by atoms with Crippen molar-refractivity contribution in [1.82, 2.24) is 15.1 Å². The number of hydrogen-bond acceptors (Lipinski definition) is 5. The molecule has 2 aromatic rings. The summed E-state index contributed by atoms with van der Waals surface area (Å²) in [7, 11) is 5.47. The van der Waals surface area contributed by atoms with Gasteiger partial charge in [0, 0.05) is 38.3 Å². The second kappa shape index (κ2) is 10.6. The summed E-state index contributed by atoms with van der Waals surface area (Å²) in [5, 5.41) is 7.32. The summed E-state index contributed by atoms with van der Waals surface area (Å²) in [5.74, 6) is 1.46. The minimum absolute atomic E-state index is 0.118. The van der Waals surface area contributed by atoms with E-state index >= 15 is 0 Å². The van der Waals surface area contributed by atoms with Crippen LogP contribution in [0.15, 0.2) is 48.5 Å². The third-order valence-corrected chi connectivity index (χ3v) is 5.78. The molecule has 2 N–H and O–H groups in total. The fourth-order valence-corrected chi connectivity index (χ4v) is 4.22. The standard InChI is InChI=1S/C23H32N4O2S/c1-17(24-23(30)25-20-16-19(28-3)10-11-21(20)29-4)22(18-8-6-5-7-9-18)27-14-12-26(2)13-15-27/h5-11,16-17,22H,12-15H2,1-4H3,(H2,24,25,30)/t17-,22+/m1/s1. The van der Waals surface area contributed by atoms with Crippen molar-refractivity contribution in [3.63, 3.8) is 0 Å². The summed E-state index contributed by atoms with van der Waals surface area (Å²) in [6.07, 6.45) is 0. The van der Waals surface area contributed by atoms with Crippen molar-refractivity contribution < 1.29 is 9.47 Å². The van der Waals surface area contributed by atoms with E-state index < -0.39 is 0 Å². The maximum atomic E-state index is 5.64. The largest absolute Gasteiger partial charge is 0.497 e. The highest BCUT2D eigenvalue weighted by molar-refractivity contribution is 7.80. The van der Waals surface area contributed by atoms with E-state index in [-0.39, 0.29) is 12.1 Å². The van der Waals surface area contributed by atoms with Crippen LogP contribution in [0, 0.1) is 0 Å². The van der Waals surface area contributed by atoms with Crippen LogP contribution in [0.1, 0.15) is 18.5 Å². The van der Waals surface area contributed by atoms with Crippen molar-refractivity contribution in [3.05, 3.63) is 54.1 Å². The van der Waals surface area contributed by atoms with Gasteiger partial charge in [-0.05, 0) is 43.9 Å². The Kier molecular flexibility index (Phi) is 7.90. The van der Waals surface area contributed by atoms with Gasteiger partial charge in [-0.1, -0.05) is 30.3 Å². The third kappa shape index (κ3) is 5.62. The molecule has 0 spiro atoms. The predicted molar refractivity (Wildman–Crippen MR) is 127 cm³/mol. The van der Waals surface area contributed by atoms with E-state index in [9.17, 15) is 0 Å². The fourth-order valence-electron chi connectivity index (χ4n) is 3.92. The molecule has 3 rings (SSSR count). The van der Waals surface area contributed by atoms with Gasteiger partial charge in [0.15, 0.2) is 5.11 Å². The van der Waals surface area contributed by atoms with Crippen molar-refractivity contribution in [1.29, 1.82) is 0 Å². The molecule has 0 bridgehead atoms. The van der Waals surface area contributed by atoms with E-state index in [0.29, 0.717) is 10.9 Å². The summed E-state index contributed by atoms with van der Waals surface area (Å²) in [6.45, 7) is 6.39. The molecule has 2 aromatic carbocycles. The molecule has 1 aliphatic heterocycles. The Bertz CT molecular complexity index is 825. The van der Waals surface area contributed by atoms with Gasteiger partial charge in [0.2, 0.25) is 0 Å². The monoisotopic (exact) mass is 428 g/mol. The van der Waals surface area contributed by atoms with Crippen LogP contribution in [0.3, 0.4) is 0 Å². The first-order valence-electron chi connectivity index (χ1n) is 10.3. The number of nitrogens with one attached hydrogen (secondary N) is 2. The molecule has 0 aliphatic carbocycles. The average molecular weight is 429 g/mol. The zero-order valence-corrected chi connectivity index (χ0v) is 19.0. The van der Waals surface area contributed by atoms with Crippen molar-refractivity contribution in [2.75, 3.05) is 52.8 Å².